The van der Waals surface area contributed by atoms with E-state index in [1.165, 1.54) is 12.1 Å². The number of hydrogen-bond acceptors (Lipinski definition) is 2. The number of rotatable bonds is 2. The monoisotopic (exact) mass is 301 g/mol. The maximum atomic E-state index is 12.6. The molecule has 116 valence electrons. The molecule has 1 saturated heterocycles. The number of carbonyl (C=O) groups is 1. The Balaban J connectivity index is 1.97. The van der Waals surface area contributed by atoms with Gasteiger partial charge < -0.3 is 9.64 Å². The summed E-state index contributed by atoms with van der Waals surface area (Å²) >= 11 is 0. The van der Waals surface area contributed by atoms with Gasteiger partial charge in [-0.15, -0.1) is 0 Å². The number of piperidine rings is 1. The standard InChI is InChI=1S/C15H18F3NO2/c1-2-11-6-8-19(9-7-11)14(20)21-13-5-3-4-12(10-13)15(16,17)18/h3-5,10-11H,2,6-9H2,1H3. The van der Waals surface area contributed by atoms with Gasteiger partial charge in [0.1, 0.15) is 5.75 Å². The highest BCUT2D eigenvalue weighted by atomic mass is 19.4. The summed E-state index contributed by atoms with van der Waals surface area (Å²) in [6.45, 7) is 3.30. The van der Waals surface area contributed by atoms with Crippen LogP contribution in [0.3, 0.4) is 0 Å². The highest BCUT2D eigenvalue weighted by molar-refractivity contribution is 5.70. The van der Waals surface area contributed by atoms with Gasteiger partial charge in [-0.1, -0.05) is 19.4 Å². The van der Waals surface area contributed by atoms with Crippen LogP contribution in [0.4, 0.5) is 18.0 Å². The van der Waals surface area contributed by atoms with Gasteiger partial charge in [-0.25, -0.2) is 4.79 Å². The molecule has 0 atom stereocenters. The molecule has 0 radical (unpaired) electrons. The smallest absolute Gasteiger partial charge is 0.410 e. The summed E-state index contributed by atoms with van der Waals surface area (Å²) in [5, 5.41) is 0. The van der Waals surface area contributed by atoms with Crippen LogP contribution in [-0.4, -0.2) is 24.1 Å². The van der Waals surface area contributed by atoms with Gasteiger partial charge in [0.25, 0.3) is 0 Å². The molecule has 2 rings (SSSR count). The molecule has 1 aromatic carbocycles. The van der Waals surface area contributed by atoms with Gasteiger partial charge in [0.15, 0.2) is 0 Å². The van der Waals surface area contributed by atoms with Gasteiger partial charge in [0, 0.05) is 13.1 Å². The minimum absolute atomic E-state index is 0.0764. The van der Waals surface area contributed by atoms with Gasteiger partial charge in [-0.3, -0.25) is 0 Å². The largest absolute Gasteiger partial charge is 0.416 e. The van der Waals surface area contributed by atoms with Gasteiger partial charge in [-0.05, 0) is 37.0 Å². The fourth-order valence-corrected chi connectivity index (χ4v) is 2.43. The van der Waals surface area contributed by atoms with Crippen molar-refractivity contribution in [3.8, 4) is 5.75 Å². The van der Waals surface area contributed by atoms with Crippen molar-refractivity contribution in [1.82, 2.24) is 4.90 Å². The van der Waals surface area contributed by atoms with E-state index in [9.17, 15) is 18.0 Å². The molecule has 0 aromatic heterocycles. The Bertz CT molecular complexity index is 494. The van der Waals surface area contributed by atoms with Crippen molar-refractivity contribution in [2.75, 3.05) is 13.1 Å². The maximum absolute atomic E-state index is 12.6. The van der Waals surface area contributed by atoms with E-state index in [1.807, 2.05) is 0 Å². The third-order valence-electron chi connectivity index (χ3n) is 3.82. The second kappa shape index (κ2) is 6.37. The molecule has 1 heterocycles. The molecule has 0 N–H and O–H groups in total. The molecule has 1 fully saturated rings. The highest BCUT2D eigenvalue weighted by Gasteiger charge is 2.31. The molecular formula is C15H18F3NO2. The predicted octanol–water partition coefficient (Wildman–Crippen LogP) is 4.33. The first-order valence-corrected chi connectivity index (χ1v) is 7.04. The third kappa shape index (κ3) is 4.12. The molecule has 0 aliphatic carbocycles. The van der Waals surface area contributed by atoms with Crippen LogP contribution in [0, 0.1) is 5.92 Å². The van der Waals surface area contributed by atoms with Gasteiger partial charge in [-0.2, -0.15) is 13.2 Å². The number of ether oxygens (including phenoxy) is 1. The lowest BCUT2D eigenvalue weighted by Crippen LogP contribution is -2.40. The zero-order chi connectivity index (χ0) is 15.5. The van der Waals surface area contributed by atoms with Gasteiger partial charge >= 0.3 is 12.3 Å². The van der Waals surface area contributed by atoms with Crippen molar-refractivity contribution in [3.63, 3.8) is 0 Å². The van der Waals surface area contributed by atoms with Crippen molar-refractivity contribution >= 4 is 6.09 Å². The summed E-state index contributed by atoms with van der Waals surface area (Å²) in [6, 6.07) is 4.38. The molecule has 1 aliphatic heterocycles. The normalized spacial score (nSPS) is 16.9. The summed E-state index contributed by atoms with van der Waals surface area (Å²) in [5.41, 5.74) is -0.822. The quantitative estimate of drug-likeness (QED) is 0.814. The molecule has 6 heteroatoms. The Kier molecular flexibility index (Phi) is 4.75. The molecule has 21 heavy (non-hydrogen) atoms. The van der Waals surface area contributed by atoms with Gasteiger partial charge in [0.2, 0.25) is 0 Å². The SMILES string of the molecule is CCC1CCN(C(=O)Oc2cccc(C(F)(F)F)c2)CC1. The van der Waals surface area contributed by atoms with E-state index in [-0.39, 0.29) is 5.75 Å². The molecule has 0 unspecified atom stereocenters. The second-order valence-corrected chi connectivity index (χ2v) is 5.23. The number of alkyl halides is 3. The second-order valence-electron chi connectivity index (χ2n) is 5.23. The Morgan fingerprint density at radius 3 is 2.57 bits per heavy atom. The number of hydrogen-bond donors (Lipinski definition) is 0. The van der Waals surface area contributed by atoms with Crippen LogP contribution in [0.2, 0.25) is 0 Å². The molecular weight excluding hydrogens is 283 g/mol. The number of likely N-dealkylation sites (tertiary alicyclic amines) is 1. The number of carbonyl (C=O) groups excluding carboxylic acids is 1. The average molecular weight is 301 g/mol. The number of benzene rings is 1. The number of nitrogens with zero attached hydrogens (tertiary/aromatic N) is 1. The van der Waals surface area contributed by atoms with Crippen LogP contribution >= 0.6 is 0 Å². The van der Waals surface area contributed by atoms with Crippen molar-refractivity contribution < 1.29 is 22.7 Å². The molecule has 0 spiro atoms. The molecule has 0 saturated carbocycles. The zero-order valence-electron chi connectivity index (χ0n) is 11.8. The number of halogens is 3. The van der Waals surface area contributed by atoms with Crippen molar-refractivity contribution in [3.05, 3.63) is 29.8 Å². The first-order valence-electron chi connectivity index (χ1n) is 7.04. The average Bonchev–Trinajstić information content (AvgIpc) is 2.47. The zero-order valence-corrected chi connectivity index (χ0v) is 11.8. The van der Waals surface area contributed by atoms with Crippen LogP contribution in [0.5, 0.6) is 5.75 Å². The molecule has 3 nitrogen and oxygen atoms in total. The topological polar surface area (TPSA) is 29.5 Å². The van der Waals surface area contributed by atoms with Gasteiger partial charge in [0.05, 0.1) is 5.56 Å². The summed E-state index contributed by atoms with van der Waals surface area (Å²) < 4.78 is 42.8. The minimum Gasteiger partial charge on any atom is -0.410 e. The highest BCUT2D eigenvalue weighted by Crippen LogP contribution is 2.31. The molecule has 1 amide bonds. The van der Waals surface area contributed by atoms with E-state index in [0.717, 1.165) is 31.4 Å². The van der Waals surface area contributed by atoms with Crippen LogP contribution < -0.4 is 4.74 Å². The fraction of sp³-hybridized carbons (Fsp3) is 0.533. The van der Waals surface area contributed by atoms with Crippen molar-refractivity contribution in [2.24, 2.45) is 5.92 Å². The van der Waals surface area contributed by atoms with Crippen molar-refractivity contribution in [2.45, 2.75) is 32.4 Å². The summed E-state index contributed by atoms with van der Waals surface area (Å²) in [4.78, 5) is 13.5. The van der Waals surface area contributed by atoms with E-state index in [2.05, 4.69) is 6.92 Å². The summed E-state index contributed by atoms with van der Waals surface area (Å²) in [7, 11) is 0. The predicted molar refractivity (Wildman–Crippen MR) is 72.1 cm³/mol. The van der Waals surface area contributed by atoms with E-state index in [0.29, 0.717) is 19.0 Å². The lowest BCUT2D eigenvalue weighted by atomic mass is 9.95. The third-order valence-corrected chi connectivity index (χ3v) is 3.82. The fourth-order valence-electron chi connectivity index (χ4n) is 2.43. The molecule has 0 bridgehead atoms. The first-order chi connectivity index (χ1) is 9.90. The number of amides is 1. The van der Waals surface area contributed by atoms with Crippen molar-refractivity contribution in [1.29, 1.82) is 0 Å². The summed E-state index contributed by atoms with van der Waals surface area (Å²) in [5.74, 6) is 0.537. The van der Waals surface area contributed by atoms with Crippen LogP contribution in [0.25, 0.3) is 0 Å². The van der Waals surface area contributed by atoms with E-state index in [1.54, 1.807) is 4.90 Å². The molecule has 1 aromatic rings. The Labute approximate surface area is 121 Å². The van der Waals surface area contributed by atoms with Crippen LogP contribution in [-0.2, 0) is 6.18 Å². The summed E-state index contributed by atoms with van der Waals surface area (Å²) in [6.07, 6.45) is -2.12. The van der Waals surface area contributed by atoms with Crippen LogP contribution in [0.15, 0.2) is 24.3 Å². The lowest BCUT2D eigenvalue weighted by molar-refractivity contribution is -0.137. The van der Waals surface area contributed by atoms with Crippen LogP contribution in [0.1, 0.15) is 31.7 Å². The maximum Gasteiger partial charge on any atom is 0.416 e. The van der Waals surface area contributed by atoms with E-state index < -0.39 is 17.8 Å². The Hall–Kier alpha value is -1.72. The minimum atomic E-state index is -4.44. The Morgan fingerprint density at radius 2 is 2.00 bits per heavy atom. The lowest BCUT2D eigenvalue weighted by Gasteiger charge is -2.30. The first kappa shape index (κ1) is 15.7. The van der Waals surface area contributed by atoms with E-state index in [4.69, 9.17) is 4.74 Å². The Morgan fingerprint density at radius 1 is 1.33 bits per heavy atom. The molecule has 1 aliphatic rings. The van der Waals surface area contributed by atoms with E-state index >= 15 is 0 Å².